The fourth-order valence-corrected chi connectivity index (χ4v) is 3.14. The van der Waals surface area contributed by atoms with Gasteiger partial charge in [0.2, 0.25) is 0 Å². The molecule has 0 aromatic heterocycles. The number of guanidine groups is 1. The molecule has 0 amide bonds. The fraction of sp³-hybridized carbons (Fsp3) is 0.682. The van der Waals surface area contributed by atoms with E-state index in [1.165, 1.54) is 12.0 Å². The average molecular weight is 518 g/mol. The number of rotatable bonds is 11. The van der Waals surface area contributed by atoms with E-state index in [9.17, 15) is 0 Å². The molecule has 1 aliphatic heterocycles. The molecule has 0 spiro atoms. The van der Waals surface area contributed by atoms with E-state index in [2.05, 4.69) is 54.5 Å². The first-order valence-electron chi connectivity index (χ1n) is 10.8. The van der Waals surface area contributed by atoms with Gasteiger partial charge in [0.1, 0.15) is 5.75 Å². The van der Waals surface area contributed by atoms with Crippen molar-refractivity contribution >= 4 is 29.9 Å². The van der Waals surface area contributed by atoms with Crippen LogP contribution in [0.4, 0.5) is 0 Å². The van der Waals surface area contributed by atoms with Crippen molar-refractivity contribution in [3.05, 3.63) is 29.3 Å². The standard InChI is InChI=1S/C22H38N4O2.HI/c1-4-14-28-21-17-19(3)8-9-20(21)18-25-22(23-5-2)24-10-6-7-11-26-12-15-27-16-13-26;/h8-9,17H,4-7,10-16,18H2,1-3H3,(H2,23,24,25);1H. The molecule has 0 radical (unpaired) electrons. The van der Waals surface area contributed by atoms with Crippen LogP contribution in [-0.2, 0) is 11.3 Å². The van der Waals surface area contributed by atoms with Gasteiger partial charge in [-0.1, -0.05) is 19.1 Å². The number of benzene rings is 1. The third-order valence-electron chi connectivity index (χ3n) is 4.73. The van der Waals surface area contributed by atoms with Crippen molar-refractivity contribution in [2.45, 2.75) is 46.6 Å². The molecule has 0 bridgehead atoms. The van der Waals surface area contributed by atoms with Gasteiger partial charge in [0.05, 0.1) is 26.4 Å². The van der Waals surface area contributed by atoms with Gasteiger partial charge in [0.15, 0.2) is 5.96 Å². The summed E-state index contributed by atoms with van der Waals surface area (Å²) in [5.41, 5.74) is 2.34. The van der Waals surface area contributed by atoms with E-state index < -0.39 is 0 Å². The molecule has 166 valence electrons. The summed E-state index contributed by atoms with van der Waals surface area (Å²) in [5.74, 6) is 1.82. The van der Waals surface area contributed by atoms with Gasteiger partial charge in [-0.3, -0.25) is 4.90 Å². The van der Waals surface area contributed by atoms with Gasteiger partial charge in [-0.05, 0) is 51.3 Å². The fourth-order valence-electron chi connectivity index (χ4n) is 3.14. The minimum atomic E-state index is 0. The van der Waals surface area contributed by atoms with Crippen molar-refractivity contribution in [1.82, 2.24) is 15.5 Å². The van der Waals surface area contributed by atoms with Gasteiger partial charge in [-0.2, -0.15) is 0 Å². The highest BCUT2D eigenvalue weighted by molar-refractivity contribution is 14.0. The Morgan fingerprint density at radius 3 is 2.69 bits per heavy atom. The highest BCUT2D eigenvalue weighted by atomic mass is 127. The highest BCUT2D eigenvalue weighted by Crippen LogP contribution is 2.21. The third kappa shape index (κ3) is 10.5. The first-order valence-corrected chi connectivity index (χ1v) is 10.8. The largest absolute Gasteiger partial charge is 0.493 e. The van der Waals surface area contributed by atoms with Crippen molar-refractivity contribution in [2.24, 2.45) is 4.99 Å². The summed E-state index contributed by atoms with van der Waals surface area (Å²) in [4.78, 5) is 7.24. The van der Waals surface area contributed by atoms with Crippen LogP contribution in [-0.4, -0.2) is 63.4 Å². The zero-order valence-electron chi connectivity index (χ0n) is 18.3. The lowest BCUT2D eigenvalue weighted by molar-refractivity contribution is 0.0372. The van der Waals surface area contributed by atoms with Gasteiger partial charge in [0, 0.05) is 31.7 Å². The van der Waals surface area contributed by atoms with E-state index >= 15 is 0 Å². The van der Waals surface area contributed by atoms with Crippen LogP contribution in [0.1, 0.15) is 44.2 Å². The van der Waals surface area contributed by atoms with E-state index in [1.807, 2.05) is 0 Å². The minimum absolute atomic E-state index is 0. The molecular formula is C22H39IN4O2. The molecular weight excluding hydrogens is 479 g/mol. The topological polar surface area (TPSA) is 58.1 Å². The second-order valence-electron chi connectivity index (χ2n) is 7.24. The molecule has 1 aromatic carbocycles. The SMILES string of the molecule is CCCOc1cc(C)ccc1CN=C(NCC)NCCCCN1CCOCC1.I. The third-order valence-corrected chi connectivity index (χ3v) is 4.73. The van der Waals surface area contributed by atoms with Crippen LogP contribution in [0.25, 0.3) is 0 Å². The van der Waals surface area contributed by atoms with Crippen LogP contribution in [0.3, 0.4) is 0 Å². The number of hydrogen-bond acceptors (Lipinski definition) is 4. The van der Waals surface area contributed by atoms with E-state index in [0.29, 0.717) is 6.54 Å². The van der Waals surface area contributed by atoms with Gasteiger partial charge in [0.25, 0.3) is 0 Å². The number of morpholine rings is 1. The first-order chi connectivity index (χ1) is 13.7. The summed E-state index contributed by atoms with van der Waals surface area (Å²) in [6.45, 7) is 14.5. The van der Waals surface area contributed by atoms with Crippen molar-refractivity contribution in [2.75, 3.05) is 52.5 Å². The number of unbranched alkanes of at least 4 members (excludes halogenated alkanes) is 1. The lowest BCUT2D eigenvalue weighted by atomic mass is 10.1. The number of aliphatic imine (C=N–C) groups is 1. The van der Waals surface area contributed by atoms with Gasteiger partial charge in [-0.25, -0.2) is 4.99 Å². The van der Waals surface area contributed by atoms with Crippen LogP contribution in [0.15, 0.2) is 23.2 Å². The Morgan fingerprint density at radius 2 is 1.97 bits per heavy atom. The molecule has 0 saturated carbocycles. The molecule has 0 unspecified atom stereocenters. The second kappa shape index (κ2) is 15.7. The van der Waals surface area contributed by atoms with Crippen LogP contribution < -0.4 is 15.4 Å². The molecule has 7 heteroatoms. The number of nitrogens with zero attached hydrogens (tertiary/aromatic N) is 2. The Kier molecular flexibility index (Phi) is 14.1. The molecule has 0 aliphatic carbocycles. The summed E-state index contributed by atoms with van der Waals surface area (Å²) in [6.07, 6.45) is 3.34. The molecule has 2 N–H and O–H groups in total. The Bertz CT molecular complexity index is 592. The molecule has 1 heterocycles. The summed E-state index contributed by atoms with van der Waals surface area (Å²) in [6, 6.07) is 6.35. The van der Waals surface area contributed by atoms with Crippen LogP contribution in [0.5, 0.6) is 5.75 Å². The quantitative estimate of drug-likeness (QED) is 0.203. The summed E-state index contributed by atoms with van der Waals surface area (Å²) in [5, 5.41) is 6.80. The van der Waals surface area contributed by atoms with Gasteiger partial charge < -0.3 is 20.1 Å². The van der Waals surface area contributed by atoms with Crippen LogP contribution in [0, 0.1) is 6.92 Å². The Balaban J connectivity index is 0.00000420. The number of ether oxygens (including phenoxy) is 2. The normalized spacial score (nSPS) is 14.9. The molecule has 6 nitrogen and oxygen atoms in total. The number of nitrogens with one attached hydrogen (secondary N) is 2. The predicted octanol–water partition coefficient (Wildman–Crippen LogP) is 3.57. The monoisotopic (exact) mass is 518 g/mol. The van der Waals surface area contributed by atoms with Gasteiger partial charge >= 0.3 is 0 Å². The van der Waals surface area contributed by atoms with Crippen LogP contribution >= 0.6 is 24.0 Å². The lowest BCUT2D eigenvalue weighted by Gasteiger charge is -2.26. The second-order valence-corrected chi connectivity index (χ2v) is 7.24. The zero-order chi connectivity index (χ0) is 20.0. The van der Waals surface area contributed by atoms with E-state index in [4.69, 9.17) is 14.5 Å². The summed E-state index contributed by atoms with van der Waals surface area (Å²) in [7, 11) is 0. The molecule has 1 aromatic rings. The Labute approximate surface area is 193 Å². The summed E-state index contributed by atoms with van der Waals surface area (Å²) >= 11 is 0. The lowest BCUT2D eigenvalue weighted by Crippen LogP contribution is -2.39. The van der Waals surface area contributed by atoms with E-state index in [-0.39, 0.29) is 24.0 Å². The number of halogens is 1. The molecule has 2 rings (SSSR count). The maximum Gasteiger partial charge on any atom is 0.191 e. The Hall–Kier alpha value is -1.06. The summed E-state index contributed by atoms with van der Waals surface area (Å²) < 4.78 is 11.3. The average Bonchev–Trinajstić information content (AvgIpc) is 2.71. The van der Waals surface area contributed by atoms with E-state index in [1.54, 1.807) is 0 Å². The smallest absolute Gasteiger partial charge is 0.191 e. The molecule has 0 atom stereocenters. The van der Waals surface area contributed by atoms with Gasteiger partial charge in [-0.15, -0.1) is 24.0 Å². The van der Waals surface area contributed by atoms with E-state index in [0.717, 1.165) is 82.7 Å². The van der Waals surface area contributed by atoms with Crippen molar-refractivity contribution < 1.29 is 9.47 Å². The van der Waals surface area contributed by atoms with Crippen molar-refractivity contribution in [3.8, 4) is 5.75 Å². The predicted molar refractivity (Wildman–Crippen MR) is 132 cm³/mol. The zero-order valence-corrected chi connectivity index (χ0v) is 20.7. The highest BCUT2D eigenvalue weighted by Gasteiger charge is 2.09. The molecule has 29 heavy (non-hydrogen) atoms. The Morgan fingerprint density at radius 1 is 1.17 bits per heavy atom. The molecule has 1 saturated heterocycles. The maximum absolute atomic E-state index is 5.91. The maximum atomic E-state index is 5.91. The molecule has 1 fully saturated rings. The van der Waals surface area contributed by atoms with Crippen molar-refractivity contribution in [1.29, 1.82) is 0 Å². The van der Waals surface area contributed by atoms with Crippen LogP contribution in [0.2, 0.25) is 0 Å². The first kappa shape index (κ1) is 26.0. The molecule has 1 aliphatic rings. The number of aryl methyl sites for hydroxylation is 1. The number of hydrogen-bond donors (Lipinski definition) is 2. The van der Waals surface area contributed by atoms with Crippen molar-refractivity contribution in [3.63, 3.8) is 0 Å². The minimum Gasteiger partial charge on any atom is -0.493 e.